The number of amides is 2. The maximum Gasteiger partial charge on any atom is 0.430 e. The van der Waals surface area contributed by atoms with Gasteiger partial charge < -0.3 is 14.9 Å². The van der Waals surface area contributed by atoms with Crippen LogP contribution in [0, 0.1) is 5.41 Å². The fourth-order valence-corrected chi connectivity index (χ4v) is 2.63. The zero-order valence-electron chi connectivity index (χ0n) is 13.8. The van der Waals surface area contributed by atoms with Crippen molar-refractivity contribution in [2.24, 2.45) is 5.41 Å². The molecule has 0 radical (unpaired) electrons. The number of hydrogen-bond donors (Lipinski definition) is 2. The molecule has 0 aromatic rings. The summed E-state index contributed by atoms with van der Waals surface area (Å²) in [5, 5.41) is 20.5. The number of nitrogens with zero attached hydrogens (tertiary/aromatic N) is 2. The van der Waals surface area contributed by atoms with E-state index < -0.39 is 34.7 Å². The molecular formula is C14H24N2O6. The first-order valence-corrected chi connectivity index (χ1v) is 7.01. The predicted octanol–water partition coefficient (Wildman–Crippen LogP) is 2.39. The monoisotopic (exact) mass is 316 g/mol. The molecule has 8 nitrogen and oxygen atoms in total. The lowest BCUT2D eigenvalue weighted by Crippen LogP contribution is -2.65. The Morgan fingerprint density at radius 1 is 1.05 bits per heavy atom. The number of hydrogen-bond acceptors (Lipinski definition) is 4. The van der Waals surface area contributed by atoms with Crippen LogP contribution in [0.1, 0.15) is 48.0 Å². The van der Waals surface area contributed by atoms with Crippen LogP contribution in [0.15, 0.2) is 0 Å². The number of carbonyl (C=O) groups is 3. The number of ether oxygens (including phenoxy) is 1. The molecule has 0 aliphatic carbocycles. The van der Waals surface area contributed by atoms with E-state index in [1.807, 2.05) is 0 Å². The number of carbonyl (C=O) groups excluding carboxylic acids is 1. The summed E-state index contributed by atoms with van der Waals surface area (Å²) in [5.74, 6) is -1.25. The van der Waals surface area contributed by atoms with Gasteiger partial charge in [-0.1, -0.05) is 20.8 Å². The standard InChI is InChI=1S/C14H24N2O6/c1-12(2,3)14(9(17)18)7-8-15(10(19)20)16(14)11(21)22-13(4,5)6/h7-8H2,1-6H3,(H,17,18)(H,19,20). The molecule has 1 heterocycles. The van der Waals surface area contributed by atoms with Crippen LogP contribution in [-0.2, 0) is 9.53 Å². The van der Waals surface area contributed by atoms with Gasteiger partial charge in [-0.05, 0) is 26.2 Å². The summed E-state index contributed by atoms with van der Waals surface area (Å²) in [4.78, 5) is 35.8. The quantitative estimate of drug-likeness (QED) is 0.769. The van der Waals surface area contributed by atoms with Gasteiger partial charge in [0, 0.05) is 13.0 Å². The highest BCUT2D eigenvalue weighted by Crippen LogP contribution is 2.44. The third-order valence-electron chi connectivity index (χ3n) is 3.67. The first-order valence-electron chi connectivity index (χ1n) is 7.01. The number of hydrazine groups is 1. The van der Waals surface area contributed by atoms with Crippen molar-refractivity contribution in [1.29, 1.82) is 0 Å². The fourth-order valence-electron chi connectivity index (χ4n) is 2.63. The summed E-state index contributed by atoms with van der Waals surface area (Å²) in [7, 11) is 0. The average Bonchev–Trinajstić information content (AvgIpc) is 2.66. The van der Waals surface area contributed by atoms with E-state index in [9.17, 15) is 24.6 Å². The zero-order chi connectivity index (χ0) is 17.5. The van der Waals surface area contributed by atoms with Crippen molar-refractivity contribution in [2.75, 3.05) is 6.54 Å². The average molecular weight is 316 g/mol. The first-order chi connectivity index (χ1) is 9.74. The van der Waals surface area contributed by atoms with E-state index in [2.05, 4.69) is 0 Å². The van der Waals surface area contributed by atoms with Crippen molar-refractivity contribution in [3.05, 3.63) is 0 Å². The normalized spacial score (nSPS) is 22.6. The second kappa shape index (κ2) is 5.33. The smallest absolute Gasteiger partial charge is 0.430 e. The Kier molecular flexibility index (Phi) is 4.38. The van der Waals surface area contributed by atoms with Gasteiger partial charge in [-0.3, -0.25) is 0 Å². The van der Waals surface area contributed by atoms with Crippen LogP contribution in [0.3, 0.4) is 0 Å². The molecule has 126 valence electrons. The number of rotatable bonds is 1. The van der Waals surface area contributed by atoms with Crippen molar-refractivity contribution in [1.82, 2.24) is 10.0 Å². The third-order valence-corrected chi connectivity index (χ3v) is 3.67. The van der Waals surface area contributed by atoms with Crippen LogP contribution in [0.4, 0.5) is 9.59 Å². The molecule has 0 spiro atoms. The van der Waals surface area contributed by atoms with E-state index in [1.165, 1.54) is 0 Å². The maximum atomic E-state index is 12.5. The molecular weight excluding hydrogens is 292 g/mol. The molecule has 8 heteroatoms. The van der Waals surface area contributed by atoms with Crippen LogP contribution < -0.4 is 0 Å². The van der Waals surface area contributed by atoms with Gasteiger partial charge in [-0.2, -0.15) is 5.01 Å². The van der Waals surface area contributed by atoms with E-state index in [0.29, 0.717) is 5.01 Å². The Bertz CT molecular complexity index is 491. The van der Waals surface area contributed by atoms with Crippen LogP contribution in [-0.4, -0.2) is 56.1 Å². The highest BCUT2D eigenvalue weighted by atomic mass is 16.6. The van der Waals surface area contributed by atoms with E-state index in [4.69, 9.17) is 4.74 Å². The fraction of sp³-hybridized carbons (Fsp3) is 0.786. The van der Waals surface area contributed by atoms with E-state index in [0.717, 1.165) is 5.01 Å². The van der Waals surface area contributed by atoms with Crippen molar-refractivity contribution < 1.29 is 29.3 Å². The molecule has 1 unspecified atom stereocenters. The lowest BCUT2D eigenvalue weighted by atomic mass is 9.72. The van der Waals surface area contributed by atoms with Gasteiger partial charge in [0.25, 0.3) is 0 Å². The summed E-state index contributed by atoms with van der Waals surface area (Å²) < 4.78 is 5.22. The van der Waals surface area contributed by atoms with Gasteiger partial charge in [-0.15, -0.1) is 0 Å². The lowest BCUT2D eigenvalue weighted by Gasteiger charge is -2.45. The Hall–Kier alpha value is -1.99. The number of aliphatic carboxylic acids is 1. The molecule has 2 N–H and O–H groups in total. The molecule has 1 aliphatic heterocycles. The van der Waals surface area contributed by atoms with Gasteiger partial charge in [0.05, 0.1) is 0 Å². The summed E-state index contributed by atoms with van der Waals surface area (Å²) >= 11 is 0. The molecule has 0 aromatic heterocycles. The second-order valence-corrected chi connectivity index (χ2v) is 7.36. The van der Waals surface area contributed by atoms with Crippen LogP contribution >= 0.6 is 0 Å². The van der Waals surface area contributed by atoms with Gasteiger partial charge in [0.1, 0.15) is 5.60 Å². The van der Waals surface area contributed by atoms with Crippen LogP contribution in [0.25, 0.3) is 0 Å². The van der Waals surface area contributed by atoms with Gasteiger partial charge in [0.15, 0.2) is 5.54 Å². The minimum Gasteiger partial charge on any atom is -0.479 e. The van der Waals surface area contributed by atoms with Crippen molar-refractivity contribution in [3.63, 3.8) is 0 Å². The summed E-state index contributed by atoms with van der Waals surface area (Å²) in [6.45, 7) is 9.78. The predicted molar refractivity (Wildman–Crippen MR) is 77.2 cm³/mol. The van der Waals surface area contributed by atoms with Crippen molar-refractivity contribution in [3.8, 4) is 0 Å². The van der Waals surface area contributed by atoms with E-state index in [-0.39, 0.29) is 13.0 Å². The van der Waals surface area contributed by atoms with Gasteiger partial charge in [-0.25, -0.2) is 19.4 Å². The van der Waals surface area contributed by atoms with E-state index in [1.54, 1.807) is 41.5 Å². The highest BCUT2D eigenvalue weighted by molar-refractivity contribution is 5.87. The first kappa shape index (κ1) is 18.1. The Morgan fingerprint density at radius 2 is 1.55 bits per heavy atom. The number of carboxylic acids is 1. The van der Waals surface area contributed by atoms with Gasteiger partial charge in [0.2, 0.25) is 0 Å². The van der Waals surface area contributed by atoms with E-state index >= 15 is 0 Å². The van der Waals surface area contributed by atoms with Crippen LogP contribution in [0.5, 0.6) is 0 Å². The summed E-state index contributed by atoms with van der Waals surface area (Å²) in [5.41, 5.74) is -3.44. The molecule has 0 saturated carbocycles. The largest absolute Gasteiger partial charge is 0.479 e. The molecule has 1 rings (SSSR count). The van der Waals surface area contributed by atoms with Crippen molar-refractivity contribution in [2.45, 2.75) is 59.1 Å². The highest BCUT2D eigenvalue weighted by Gasteiger charge is 2.63. The number of carboxylic acid groups (broad SMARTS) is 2. The Morgan fingerprint density at radius 3 is 1.86 bits per heavy atom. The summed E-state index contributed by atoms with van der Waals surface area (Å²) in [6, 6.07) is 0. The Labute approximate surface area is 129 Å². The minimum absolute atomic E-state index is 0.00260. The zero-order valence-corrected chi connectivity index (χ0v) is 13.8. The van der Waals surface area contributed by atoms with Gasteiger partial charge >= 0.3 is 18.2 Å². The molecule has 1 fully saturated rings. The molecule has 2 amide bonds. The van der Waals surface area contributed by atoms with Crippen LogP contribution in [0.2, 0.25) is 0 Å². The van der Waals surface area contributed by atoms with Crippen molar-refractivity contribution >= 4 is 18.2 Å². The molecule has 0 bridgehead atoms. The second-order valence-electron chi connectivity index (χ2n) is 7.36. The third kappa shape index (κ3) is 2.95. The molecule has 1 atom stereocenters. The molecule has 1 aliphatic rings. The lowest BCUT2D eigenvalue weighted by molar-refractivity contribution is -0.165. The Balaban J connectivity index is 3.41. The minimum atomic E-state index is -1.69. The SMILES string of the molecule is CC(C)(C)OC(=O)N1N(C(=O)O)CCC1(C(=O)O)C(C)(C)C. The maximum absolute atomic E-state index is 12.5. The topological polar surface area (TPSA) is 107 Å². The molecule has 0 aromatic carbocycles. The molecule has 22 heavy (non-hydrogen) atoms. The molecule has 1 saturated heterocycles. The summed E-state index contributed by atoms with van der Waals surface area (Å²) in [6.07, 6.45) is -2.37.